The standard InChI is InChI=1S/C28H32N4O6/c1-4-10-31-26(35)28(25(34)29-27(31)36,13-19-8-9-21(37-2)12-23(19)38-3)17-30-14-18-11-20(16-30)22-6-5-7-24(33)32(22)15-18/h4-9,12,18,20H,1,10-11,13-17H2,2-3H3,(H,29,34,36)/t18-,20+,28-/m0/s1. The number of hydrogen-bond acceptors (Lipinski definition) is 7. The van der Waals surface area contributed by atoms with E-state index in [1.165, 1.54) is 13.2 Å². The van der Waals surface area contributed by atoms with Crippen LogP contribution in [0.15, 0.2) is 53.8 Å². The van der Waals surface area contributed by atoms with Crippen LogP contribution in [0.25, 0.3) is 0 Å². The zero-order chi connectivity index (χ0) is 27.0. The van der Waals surface area contributed by atoms with E-state index in [0.29, 0.717) is 36.7 Å². The van der Waals surface area contributed by atoms with Gasteiger partial charge < -0.3 is 18.9 Å². The molecule has 1 aromatic heterocycles. The number of fused-ring (bicyclic) bond motifs is 4. The number of nitrogens with one attached hydrogen (secondary N) is 1. The molecular formula is C28H32N4O6. The van der Waals surface area contributed by atoms with E-state index in [9.17, 15) is 19.2 Å². The molecule has 3 aliphatic rings. The van der Waals surface area contributed by atoms with Gasteiger partial charge >= 0.3 is 6.03 Å². The Bertz CT molecular complexity index is 1350. The highest BCUT2D eigenvalue weighted by Crippen LogP contribution is 2.39. The predicted molar refractivity (Wildman–Crippen MR) is 139 cm³/mol. The van der Waals surface area contributed by atoms with Gasteiger partial charge in [-0.15, -0.1) is 6.58 Å². The van der Waals surface area contributed by atoms with Crippen LogP contribution in [0.3, 0.4) is 0 Å². The second kappa shape index (κ2) is 10.1. The van der Waals surface area contributed by atoms with E-state index >= 15 is 0 Å². The minimum absolute atomic E-state index is 0.00543. The van der Waals surface area contributed by atoms with Crippen LogP contribution in [0.1, 0.15) is 23.6 Å². The van der Waals surface area contributed by atoms with Crippen molar-refractivity contribution in [3.63, 3.8) is 0 Å². The first-order valence-electron chi connectivity index (χ1n) is 12.7. The summed E-state index contributed by atoms with van der Waals surface area (Å²) in [7, 11) is 3.07. The maximum absolute atomic E-state index is 14.0. The van der Waals surface area contributed by atoms with Crippen LogP contribution >= 0.6 is 0 Å². The Balaban J connectivity index is 1.52. The van der Waals surface area contributed by atoms with Gasteiger partial charge in [0, 0.05) is 62.9 Å². The molecule has 0 saturated carbocycles. The lowest BCUT2D eigenvalue weighted by atomic mass is 9.75. The van der Waals surface area contributed by atoms with Gasteiger partial charge in [-0.3, -0.25) is 24.6 Å². The average molecular weight is 521 g/mol. The van der Waals surface area contributed by atoms with Crippen LogP contribution in [-0.4, -0.2) is 72.6 Å². The first kappa shape index (κ1) is 25.7. The van der Waals surface area contributed by atoms with Crippen molar-refractivity contribution >= 4 is 17.8 Å². The number of aromatic nitrogens is 1. The van der Waals surface area contributed by atoms with E-state index in [1.54, 1.807) is 37.4 Å². The number of methoxy groups -OCH3 is 2. The first-order valence-corrected chi connectivity index (χ1v) is 12.7. The molecule has 10 nitrogen and oxygen atoms in total. The highest BCUT2D eigenvalue weighted by Gasteiger charge is 2.55. The fourth-order valence-electron chi connectivity index (χ4n) is 6.21. The Morgan fingerprint density at radius 3 is 2.63 bits per heavy atom. The lowest BCUT2D eigenvalue weighted by Gasteiger charge is -2.47. The molecular weight excluding hydrogens is 488 g/mol. The number of pyridine rings is 1. The van der Waals surface area contributed by atoms with Crippen molar-refractivity contribution in [2.45, 2.75) is 25.3 Å². The number of carbonyl (C=O) groups is 3. The summed E-state index contributed by atoms with van der Waals surface area (Å²) >= 11 is 0. The fraction of sp³-hybridized carbons (Fsp3) is 0.429. The van der Waals surface area contributed by atoms with Gasteiger partial charge in [0.25, 0.3) is 5.56 Å². The van der Waals surface area contributed by atoms with Crippen LogP contribution in [0.4, 0.5) is 4.79 Å². The molecule has 1 N–H and O–H groups in total. The number of piperidine rings is 1. The number of imide groups is 2. The molecule has 2 aromatic rings. The number of benzene rings is 1. The predicted octanol–water partition coefficient (Wildman–Crippen LogP) is 1.78. The molecule has 1 aromatic carbocycles. The minimum Gasteiger partial charge on any atom is -0.497 e. The number of rotatable bonds is 8. The third-order valence-corrected chi connectivity index (χ3v) is 7.90. The Labute approximate surface area is 220 Å². The third-order valence-electron chi connectivity index (χ3n) is 7.90. The second-order valence-corrected chi connectivity index (χ2v) is 10.3. The molecule has 4 heterocycles. The van der Waals surface area contributed by atoms with Crippen LogP contribution in [0.5, 0.6) is 11.5 Å². The van der Waals surface area contributed by atoms with Crippen molar-refractivity contribution in [1.82, 2.24) is 19.7 Å². The van der Waals surface area contributed by atoms with Gasteiger partial charge in [-0.25, -0.2) is 4.79 Å². The first-order chi connectivity index (χ1) is 18.3. The maximum Gasteiger partial charge on any atom is 0.331 e. The average Bonchev–Trinajstić information content (AvgIpc) is 2.90. The number of hydrogen-bond donors (Lipinski definition) is 1. The lowest BCUT2D eigenvalue weighted by molar-refractivity contribution is -0.153. The summed E-state index contributed by atoms with van der Waals surface area (Å²) in [6.45, 7) is 5.61. The topological polar surface area (TPSA) is 110 Å². The Morgan fingerprint density at radius 1 is 1.08 bits per heavy atom. The lowest BCUT2D eigenvalue weighted by Crippen LogP contribution is -2.68. The van der Waals surface area contributed by atoms with Crippen molar-refractivity contribution < 1.29 is 23.9 Å². The van der Waals surface area contributed by atoms with Gasteiger partial charge in [0.15, 0.2) is 0 Å². The van der Waals surface area contributed by atoms with Gasteiger partial charge in [0.05, 0.1) is 14.2 Å². The molecule has 0 spiro atoms. The Hall–Kier alpha value is -3.92. The van der Waals surface area contributed by atoms with Crippen molar-refractivity contribution in [2.75, 3.05) is 40.4 Å². The van der Waals surface area contributed by atoms with Gasteiger partial charge in [0.2, 0.25) is 11.8 Å². The molecule has 2 fully saturated rings. The summed E-state index contributed by atoms with van der Waals surface area (Å²) in [5.74, 6) is 0.202. The number of barbiturate groups is 1. The van der Waals surface area contributed by atoms with E-state index in [4.69, 9.17) is 9.47 Å². The molecule has 0 unspecified atom stereocenters. The van der Waals surface area contributed by atoms with Crippen molar-refractivity contribution in [3.8, 4) is 11.5 Å². The van der Waals surface area contributed by atoms with E-state index in [-0.39, 0.29) is 36.9 Å². The summed E-state index contributed by atoms with van der Waals surface area (Å²) < 4.78 is 12.7. The van der Waals surface area contributed by atoms with Crippen LogP contribution in [-0.2, 0) is 22.6 Å². The number of ether oxygens (including phenoxy) is 2. The quantitative estimate of drug-likeness (QED) is 0.417. The second-order valence-electron chi connectivity index (χ2n) is 10.3. The van der Waals surface area contributed by atoms with Crippen molar-refractivity contribution in [2.24, 2.45) is 11.3 Å². The highest BCUT2D eigenvalue weighted by molar-refractivity contribution is 6.19. The number of amides is 4. The maximum atomic E-state index is 14.0. The third kappa shape index (κ3) is 4.38. The number of carbonyl (C=O) groups excluding carboxylic acids is 3. The summed E-state index contributed by atoms with van der Waals surface area (Å²) in [4.78, 5) is 55.9. The molecule has 0 radical (unpaired) electrons. The number of urea groups is 1. The van der Waals surface area contributed by atoms with E-state index in [0.717, 1.165) is 17.0 Å². The fourth-order valence-corrected chi connectivity index (χ4v) is 6.21. The monoisotopic (exact) mass is 520 g/mol. The van der Waals surface area contributed by atoms with Crippen LogP contribution in [0, 0.1) is 11.3 Å². The van der Waals surface area contributed by atoms with E-state index in [1.807, 2.05) is 10.6 Å². The molecule has 10 heteroatoms. The molecule has 4 amide bonds. The minimum atomic E-state index is -1.57. The summed E-state index contributed by atoms with van der Waals surface area (Å²) in [5, 5.41) is 2.42. The van der Waals surface area contributed by atoms with E-state index in [2.05, 4.69) is 16.8 Å². The van der Waals surface area contributed by atoms with E-state index < -0.39 is 23.3 Å². The molecule has 3 aliphatic heterocycles. The Kier molecular flexibility index (Phi) is 6.83. The summed E-state index contributed by atoms with van der Waals surface area (Å²) in [5.41, 5.74) is 0.0565. The molecule has 0 aliphatic carbocycles. The zero-order valence-electron chi connectivity index (χ0n) is 21.6. The van der Waals surface area contributed by atoms with Crippen LogP contribution in [0.2, 0.25) is 0 Å². The molecule has 3 atom stereocenters. The van der Waals surface area contributed by atoms with Gasteiger partial charge in [0.1, 0.15) is 16.9 Å². The smallest absolute Gasteiger partial charge is 0.331 e. The molecule has 5 rings (SSSR count). The van der Waals surface area contributed by atoms with Crippen molar-refractivity contribution in [1.29, 1.82) is 0 Å². The van der Waals surface area contributed by atoms with Gasteiger partial charge in [-0.2, -0.15) is 0 Å². The number of likely N-dealkylation sites (tertiary alicyclic amines) is 1. The zero-order valence-corrected chi connectivity index (χ0v) is 21.6. The molecule has 38 heavy (non-hydrogen) atoms. The number of nitrogens with zero attached hydrogens (tertiary/aromatic N) is 3. The molecule has 2 saturated heterocycles. The normalized spacial score (nSPS) is 25.0. The summed E-state index contributed by atoms with van der Waals surface area (Å²) in [6, 6.07) is 9.83. The largest absolute Gasteiger partial charge is 0.497 e. The SMILES string of the molecule is C=CCN1C(=O)NC(=O)[C@](Cc2ccc(OC)cc2OC)(CN2C[C@@H]3C[C@H](C2)c2cccc(=O)n2C3)C1=O. The van der Waals surface area contributed by atoms with Gasteiger partial charge in [-0.05, 0) is 30.0 Å². The van der Waals surface area contributed by atoms with Crippen molar-refractivity contribution in [3.05, 3.63) is 70.7 Å². The Morgan fingerprint density at radius 2 is 1.89 bits per heavy atom. The highest BCUT2D eigenvalue weighted by atomic mass is 16.5. The summed E-state index contributed by atoms with van der Waals surface area (Å²) in [6.07, 6.45) is 2.44. The van der Waals surface area contributed by atoms with Gasteiger partial charge in [-0.1, -0.05) is 18.2 Å². The molecule has 200 valence electrons. The van der Waals surface area contributed by atoms with Crippen LogP contribution < -0.4 is 20.3 Å². The molecule has 2 bridgehead atoms.